The van der Waals surface area contributed by atoms with E-state index in [1.807, 2.05) is 81.4 Å². The summed E-state index contributed by atoms with van der Waals surface area (Å²) in [4.78, 5) is 14.4. The first-order chi connectivity index (χ1) is 11.9. The zero-order valence-electron chi connectivity index (χ0n) is 14.5. The van der Waals surface area contributed by atoms with Crippen LogP contribution in [0.2, 0.25) is 0 Å². The number of para-hydroxylation sites is 1. The minimum absolute atomic E-state index is 0.0365. The molecular weight excluding hydrogens is 330 g/mol. The molecule has 2 N–H and O–H groups in total. The van der Waals surface area contributed by atoms with Gasteiger partial charge in [0.25, 0.3) is 5.91 Å². The number of hydrogen-bond donors (Lipinski definition) is 2. The molecule has 2 aromatic rings. The van der Waals surface area contributed by atoms with E-state index in [-0.39, 0.29) is 11.1 Å². The Hall–Kier alpha value is -2.71. The molecule has 0 radical (unpaired) electrons. The van der Waals surface area contributed by atoms with Gasteiger partial charge in [0.1, 0.15) is 11.6 Å². The van der Waals surface area contributed by atoms with E-state index in [0.717, 1.165) is 9.79 Å². The molecule has 0 heterocycles. The summed E-state index contributed by atoms with van der Waals surface area (Å²) in [6.45, 7) is 5.88. The number of hydrogen-bond acceptors (Lipinski definition) is 4. The van der Waals surface area contributed by atoms with E-state index in [1.165, 1.54) is 6.20 Å². The van der Waals surface area contributed by atoms with Crippen LogP contribution in [0.3, 0.4) is 0 Å². The Morgan fingerprint density at radius 2 is 1.72 bits per heavy atom. The van der Waals surface area contributed by atoms with Gasteiger partial charge in [-0.1, -0.05) is 42.1 Å². The summed E-state index contributed by atoms with van der Waals surface area (Å²) in [5.41, 5.74) is 0.497. The molecular formula is C20H21N3OS. The molecule has 0 aliphatic heterocycles. The van der Waals surface area contributed by atoms with Crippen LogP contribution in [0.25, 0.3) is 0 Å². The highest BCUT2D eigenvalue weighted by Gasteiger charge is 2.14. The Morgan fingerprint density at radius 1 is 1.08 bits per heavy atom. The van der Waals surface area contributed by atoms with Crippen molar-refractivity contribution in [2.45, 2.75) is 36.1 Å². The second kappa shape index (κ2) is 8.41. The van der Waals surface area contributed by atoms with Gasteiger partial charge in [-0.3, -0.25) is 4.79 Å². The zero-order valence-corrected chi connectivity index (χ0v) is 15.4. The number of carbonyl (C=O) groups excluding carboxylic acids is 1. The van der Waals surface area contributed by atoms with Crippen LogP contribution in [0, 0.1) is 11.3 Å². The summed E-state index contributed by atoms with van der Waals surface area (Å²) in [7, 11) is 0. The van der Waals surface area contributed by atoms with Gasteiger partial charge in [-0.2, -0.15) is 5.26 Å². The molecule has 0 spiro atoms. The number of anilines is 1. The van der Waals surface area contributed by atoms with Gasteiger partial charge in [0, 0.05) is 21.5 Å². The summed E-state index contributed by atoms with van der Waals surface area (Å²) >= 11 is 1.56. The maximum absolute atomic E-state index is 12.4. The molecule has 2 aromatic carbocycles. The van der Waals surface area contributed by atoms with E-state index in [1.54, 1.807) is 11.8 Å². The second-order valence-corrected chi connectivity index (χ2v) is 7.54. The van der Waals surface area contributed by atoms with Crippen molar-refractivity contribution in [1.82, 2.24) is 5.32 Å². The number of nitrogens with one attached hydrogen (secondary N) is 2. The predicted octanol–water partition coefficient (Wildman–Crippen LogP) is 4.57. The lowest BCUT2D eigenvalue weighted by atomic mass is 10.1. The molecule has 0 fully saturated rings. The molecule has 0 aromatic heterocycles. The summed E-state index contributed by atoms with van der Waals surface area (Å²) < 4.78 is 0. The number of rotatable bonds is 5. The molecule has 0 atom stereocenters. The van der Waals surface area contributed by atoms with Crippen LogP contribution in [-0.2, 0) is 4.79 Å². The fraction of sp³-hybridized carbons (Fsp3) is 0.200. The fourth-order valence-corrected chi connectivity index (χ4v) is 2.82. The molecule has 128 valence electrons. The highest BCUT2D eigenvalue weighted by molar-refractivity contribution is 7.99. The Kier molecular flexibility index (Phi) is 6.26. The predicted molar refractivity (Wildman–Crippen MR) is 102 cm³/mol. The van der Waals surface area contributed by atoms with Crippen molar-refractivity contribution < 1.29 is 4.79 Å². The highest BCUT2D eigenvalue weighted by atomic mass is 32.2. The highest BCUT2D eigenvalue weighted by Crippen LogP contribution is 2.33. The van der Waals surface area contributed by atoms with Crippen molar-refractivity contribution in [3.05, 3.63) is 66.4 Å². The third-order valence-corrected chi connectivity index (χ3v) is 4.20. The van der Waals surface area contributed by atoms with E-state index >= 15 is 0 Å². The zero-order chi connectivity index (χ0) is 18.3. The van der Waals surface area contributed by atoms with Crippen LogP contribution in [0.1, 0.15) is 20.8 Å². The van der Waals surface area contributed by atoms with Gasteiger partial charge in [-0.05, 0) is 45.0 Å². The Labute approximate surface area is 152 Å². The molecule has 5 heteroatoms. The average molecular weight is 351 g/mol. The molecule has 4 nitrogen and oxygen atoms in total. The Morgan fingerprint density at radius 3 is 2.36 bits per heavy atom. The third-order valence-electron chi connectivity index (χ3n) is 3.12. The number of nitriles is 1. The van der Waals surface area contributed by atoms with Crippen LogP contribution < -0.4 is 10.6 Å². The normalized spacial score (nSPS) is 11.5. The second-order valence-electron chi connectivity index (χ2n) is 6.43. The number of benzene rings is 2. The Bertz CT molecular complexity index is 802. The molecule has 2 rings (SSSR count). The minimum Gasteiger partial charge on any atom is -0.385 e. The van der Waals surface area contributed by atoms with E-state index in [9.17, 15) is 10.1 Å². The van der Waals surface area contributed by atoms with Crippen molar-refractivity contribution in [2.24, 2.45) is 0 Å². The number of carbonyl (C=O) groups is 1. The van der Waals surface area contributed by atoms with Crippen molar-refractivity contribution in [3.63, 3.8) is 0 Å². The van der Waals surface area contributed by atoms with Crippen molar-refractivity contribution >= 4 is 23.4 Å². The average Bonchev–Trinajstić information content (AvgIpc) is 2.57. The molecule has 1 amide bonds. The standard InChI is InChI=1S/C20H21N3OS/c1-20(2,3)22-14-15(13-21)19(24)23-17-11-7-8-12-18(17)25-16-9-5-4-6-10-16/h4-12,14,22H,1-3H3,(H,23,24)/b15-14-. The molecule has 0 saturated heterocycles. The lowest BCUT2D eigenvalue weighted by molar-refractivity contribution is -0.112. The van der Waals surface area contributed by atoms with Gasteiger partial charge in [-0.25, -0.2) is 0 Å². The molecule has 25 heavy (non-hydrogen) atoms. The van der Waals surface area contributed by atoms with Crippen LogP contribution in [0.4, 0.5) is 5.69 Å². The van der Waals surface area contributed by atoms with Gasteiger partial charge < -0.3 is 10.6 Å². The van der Waals surface area contributed by atoms with Crippen LogP contribution in [0.15, 0.2) is 76.2 Å². The topological polar surface area (TPSA) is 64.9 Å². The lowest BCUT2D eigenvalue weighted by Gasteiger charge is -2.19. The summed E-state index contributed by atoms with van der Waals surface area (Å²) in [5.74, 6) is -0.430. The smallest absolute Gasteiger partial charge is 0.267 e. The van der Waals surface area contributed by atoms with Gasteiger partial charge in [0.15, 0.2) is 0 Å². The van der Waals surface area contributed by atoms with Crippen LogP contribution in [-0.4, -0.2) is 11.4 Å². The summed E-state index contributed by atoms with van der Waals surface area (Å²) in [6.07, 6.45) is 1.46. The third kappa shape index (κ3) is 6.02. The van der Waals surface area contributed by atoms with E-state index in [4.69, 9.17) is 0 Å². The van der Waals surface area contributed by atoms with E-state index < -0.39 is 5.91 Å². The molecule has 0 aliphatic carbocycles. The SMILES string of the molecule is CC(C)(C)N/C=C(/C#N)C(=O)Nc1ccccc1Sc1ccccc1. The number of nitrogens with zero attached hydrogens (tertiary/aromatic N) is 1. The molecule has 0 unspecified atom stereocenters. The van der Waals surface area contributed by atoms with E-state index in [0.29, 0.717) is 5.69 Å². The van der Waals surface area contributed by atoms with Gasteiger partial charge in [-0.15, -0.1) is 0 Å². The summed E-state index contributed by atoms with van der Waals surface area (Å²) in [5, 5.41) is 15.1. The summed E-state index contributed by atoms with van der Waals surface area (Å²) in [6, 6.07) is 19.4. The van der Waals surface area contributed by atoms with Crippen molar-refractivity contribution in [1.29, 1.82) is 5.26 Å². The van der Waals surface area contributed by atoms with E-state index in [2.05, 4.69) is 10.6 Å². The lowest BCUT2D eigenvalue weighted by Crippen LogP contribution is -2.32. The van der Waals surface area contributed by atoms with Gasteiger partial charge >= 0.3 is 0 Å². The first kappa shape index (κ1) is 18.6. The van der Waals surface area contributed by atoms with Crippen molar-refractivity contribution in [2.75, 3.05) is 5.32 Å². The quantitative estimate of drug-likeness (QED) is 0.612. The first-order valence-electron chi connectivity index (χ1n) is 7.90. The first-order valence-corrected chi connectivity index (χ1v) is 8.72. The number of amides is 1. The molecule has 0 bridgehead atoms. The van der Waals surface area contributed by atoms with Gasteiger partial charge in [0.2, 0.25) is 0 Å². The molecule has 0 saturated carbocycles. The van der Waals surface area contributed by atoms with Gasteiger partial charge in [0.05, 0.1) is 5.69 Å². The van der Waals surface area contributed by atoms with Crippen LogP contribution >= 0.6 is 11.8 Å². The molecule has 0 aliphatic rings. The monoisotopic (exact) mass is 351 g/mol. The largest absolute Gasteiger partial charge is 0.385 e. The minimum atomic E-state index is -0.430. The van der Waals surface area contributed by atoms with Crippen LogP contribution in [0.5, 0.6) is 0 Å². The van der Waals surface area contributed by atoms with Crippen molar-refractivity contribution in [3.8, 4) is 6.07 Å². The Balaban J connectivity index is 2.17. The maximum atomic E-state index is 12.4. The maximum Gasteiger partial charge on any atom is 0.267 e. The fourth-order valence-electron chi connectivity index (χ4n) is 1.90.